The maximum atomic E-state index is 13.2. The van der Waals surface area contributed by atoms with Gasteiger partial charge in [0.1, 0.15) is 15.9 Å². The number of hydrogen-bond acceptors (Lipinski definition) is 7. The molecule has 0 aliphatic carbocycles. The Morgan fingerprint density at radius 2 is 1.90 bits per heavy atom. The minimum Gasteiger partial charge on any atom is -0.355 e. The third-order valence-electron chi connectivity index (χ3n) is 6.05. The van der Waals surface area contributed by atoms with Crippen molar-refractivity contribution in [2.75, 3.05) is 39.3 Å². The van der Waals surface area contributed by atoms with Gasteiger partial charge in [0.05, 0.1) is 17.6 Å². The van der Waals surface area contributed by atoms with Crippen LogP contribution >= 0.6 is 11.7 Å². The van der Waals surface area contributed by atoms with E-state index in [1.165, 1.54) is 30.0 Å². The van der Waals surface area contributed by atoms with Gasteiger partial charge in [-0.15, -0.1) is 0 Å². The number of piperidine rings is 1. The van der Waals surface area contributed by atoms with Crippen molar-refractivity contribution in [2.24, 2.45) is 5.92 Å². The zero-order valence-corrected chi connectivity index (χ0v) is 18.8. The molecule has 1 aromatic carbocycles. The van der Waals surface area contributed by atoms with Crippen molar-refractivity contribution in [1.82, 2.24) is 23.3 Å². The van der Waals surface area contributed by atoms with Gasteiger partial charge >= 0.3 is 0 Å². The smallest absolute Gasteiger partial charge is 0.245 e. The summed E-state index contributed by atoms with van der Waals surface area (Å²) >= 11 is 1.01. The maximum Gasteiger partial charge on any atom is 0.245 e. The molecule has 1 atom stereocenters. The zero-order chi connectivity index (χ0) is 21.0. The van der Waals surface area contributed by atoms with E-state index in [0.717, 1.165) is 31.4 Å². The highest BCUT2D eigenvalue weighted by Gasteiger charge is 2.34. The number of fused-ring (bicyclic) bond motifs is 1. The standard InChI is InChI=1S/C20H29N5O3S2/c26-20(21-10-14-24-11-3-1-2-4-12-24)16-7-6-13-25(15-16)30(27,28)18-9-5-8-17-19(18)23-29-22-17/h5,8-9,16H,1-4,6-7,10-15H2,(H,21,26)/t16-/m1/s1. The number of nitrogens with one attached hydrogen (secondary N) is 1. The molecule has 2 aliphatic rings. The van der Waals surface area contributed by atoms with Gasteiger partial charge in [-0.25, -0.2) is 8.42 Å². The van der Waals surface area contributed by atoms with E-state index in [1.54, 1.807) is 18.2 Å². The molecule has 2 aromatic rings. The molecule has 3 heterocycles. The fourth-order valence-electron chi connectivity index (χ4n) is 4.34. The molecule has 4 rings (SSSR count). The SMILES string of the molecule is O=C(NCCN1CCCCCC1)[C@@H]1CCCN(S(=O)(=O)c2cccc3nsnc23)C1. The minimum absolute atomic E-state index is 0.0433. The molecule has 164 valence electrons. The van der Waals surface area contributed by atoms with Gasteiger partial charge in [0.25, 0.3) is 0 Å². The Labute approximate surface area is 182 Å². The number of hydrogen-bond donors (Lipinski definition) is 1. The number of carbonyl (C=O) groups is 1. The lowest BCUT2D eigenvalue weighted by molar-refractivity contribution is -0.126. The first-order valence-corrected chi connectivity index (χ1v) is 12.9. The quantitative estimate of drug-likeness (QED) is 0.723. The summed E-state index contributed by atoms with van der Waals surface area (Å²) in [6.07, 6.45) is 6.42. The highest BCUT2D eigenvalue weighted by Crippen LogP contribution is 2.28. The fraction of sp³-hybridized carbons (Fsp3) is 0.650. The second-order valence-electron chi connectivity index (χ2n) is 8.14. The van der Waals surface area contributed by atoms with Crippen molar-refractivity contribution >= 4 is 38.7 Å². The van der Waals surface area contributed by atoms with Crippen LogP contribution in [0.15, 0.2) is 23.1 Å². The molecule has 2 fully saturated rings. The monoisotopic (exact) mass is 451 g/mol. The van der Waals surface area contributed by atoms with Crippen LogP contribution in [0.4, 0.5) is 0 Å². The van der Waals surface area contributed by atoms with E-state index in [1.807, 2.05) is 0 Å². The molecular formula is C20H29N5O3S2. The highest BCUT2D eigenvalue weighted by atomic mass is 32.2. The summed E-state index contributed by atoms with van der Waals surface area (Å²) in [4.78, 5) is 15.3. The number of likely N-dealkylation sites (tertiary alicyclic amines) is 1. The van der Waals surface area contributed by atoms with Crippen LogP contribution in [0.5, 0.6) is 0 Å². The second-order valence-corrected chi connectivity index (χ2v) is 10.6. The van der Waals surface area contributed by atoms with Crippen molar-refractivity contribution in [2.45, 2.75) is 43.4 Å². The van der Waals surface area contributed by atoms with Crippen LogP contribution in [0.25, 0.3) is 11.0 Å². The summed E-state index contributed by atoms with van der Waals surface area (Å²) in [7, 11) is -3.72. The maximum absolute atomic E-state index is 13.2. The average molecular weight is 452 g/mol. The highest BCUT2D eigenvalue weighted by molar-refractivity contribution is 7.89. The summed E-state index contributed by atoms with van der Waals surface area (Å²) < 4.78 is 36.2. The normalized spacial score (nSPS) is 22.1. The Morgan fingerprint density at radius 3 is 2.70 bits per heavy atom. The van der Waals surface area contributed by atoms with Crippen LogP contribution in [0.1, 0.15) is 38.5 Å². The number of sulfonamides is 1. The number of nitrogens with zero attached hydrogens (tertiary/aromatic N) is 4. The molecule has 0 bridgehead atoms. The number of benzene rings is 1. The molecule has 1 aromatic heterocycles. The van der Waals surface area contributed by atoms with Gasteiger partial charge < -0.3 is 10.2 Å². The Bertz CT molecular complexity index is 970. The Kier molecular flexibility index (Phi) is 6.97. The second kappa shape index (κ2) is 9.67. The molecule has 10 heteroatoms. The third kappa shape index (κ3) is 4.82. The van der Waals surface area contributed by atoms with Crippen LogP contribution in [0.2, 0.25) is 0 Å². The molecule has 1 amide bonds. The van der Waals surface area contributed by atoms with E-state index in [-0.39, 0.29) is 23.3 Å². The molecule has 0 spiro atoms. The summed E-state index contributed by atoms with van der Waals surface area (Å²) in [6, 6.07) is 5.02. The Hall–Kier alpha value is -1.62. The van der Waals surface area contributed by atoms with Crippen LogP contribution in [0.3, 0.4) is 0 Å². The fourth-order valence-corrected chi connectivity index (χ4v) is 6.62. The van der Waals surface area contributed by atoms with Gasteiger partial charge in [-0.2, -0.15) is 13.1 Å². The predicted molar refractivity (Wildman–Crippen MR) is 117 cm³/mol. The lowest BCUT2D eigenvalue weighted by Gasteiger charge is -2.31. The van der Waals surface area contributed by atoms with E-state index in [2.05, 4.69) is 19.0 Å². The summed E-state index contributed by atoms with van der Waals surface area (Å²) in [5, 5.41) is 3.03. The first-order valence-electron chi connectivity index (χ1n) is 10.8. The van der Waals surface area contributed by atoms with E-state index < -0.39 is 10.0 Å². The number of amides is 1. The van der Waals surface area contributed by atoms with Crippen LogP contribution in [-0.2, 0) is 14.8 Å². The molecular weight excluding hydrogens is 422 g/mol. The van der Waals surface area contributed by atoms with Gasteiger partial charge in [0, 0.05) is 26.2 Å². The first-order chi connectivity index (χ1) is 14.6. The Morgan fingerprint density at radius 1 is 1.10 bits per heavy atom. The van der Waals surface area contributed by atoms with Crippen LogP contribution in [0, 0.1) is 5.92 Å². The molecule has 0 unspecified atom stereocenters. The van der Waals surface area contributed by atoms with Crippen LogP contribution < -0.4 is 5.32 Å². The largest absolute Gasteiger partial charge is 0.355 e. The molecule has 0 radical (unpaired) electrons. The zero-order valence-electron chi connectivity index (χ0n) is 17.1. The van der Waals surface area contributed by atoms with Crippen molar-refractivity contribution in [3.63, 3.8) is 0 Å². The predicted octanol–water partition coefficient (Wildman–Crippen LogP) is 2.08. The van der Waals surface area contributed by atoms with Crippen molar-refractivity contribution in [3.8, 4) is 0 Å². The first kappa shape index (κ1) is 21.6. The van der Waals surface area contributed by atoms with Gasteiger partial charge in [0.15, 0.2) is 0 Å². The topological polar surface area (TPSA) is 95.5 Å². The molecule has 1 N–H and O–H groups in total. The lowest BCUT2D eigenvalue weighted by atomic mass is 9.99. The summed E-state index contributed by atoms with van der Waals surface area (Å²) in [6.45, 7) is 4.32. The summed E-state index contributed by atoms with van der Waals surface area (Å²) in [5.41, 5.74) is 0.993. The van der Waals surface area contributed by atoms with E-state index >= 15 is 0 Å². The number of rotatable bonds is 6. The van der Waals surface area contributed by atoms with Crippen molar-refractivity contribution < 1.29 is 13.2 Å². The molecule has 0 saturated carbocycles. The van der Waals surface area contributed by atoms with Gasteiger partial charge in [-0.3, -0.25) is 4.79 Å². The lowest BCUT2D eigenvalue weighted by Crippen LogP contribution is -2.46. The average Bonchev–Trinajstić information content (AvgIpc) is 3.09. The number of aromatic nitrogens is 2. The molecule has 30 heavy (non-hydrogen) atoms. The number of carbonyl (C=O) groups excluding carboxylic acids is 1. The van der Waals surface area contributed by atoms with Gasteiger partial charge in [-0.1, -0.05) is 18.9 Å². The van der Waals surface area contributed by atoms with E-state index in [0.29, 0.717) is 37.0 Å². The van der Waals surface area contributed by atoms with Crippen LogP contribution in [-0.4, -0.2) is 71.5 Å². The Balaban J connectivity index is 1.36. The van der Waals surface area contributed by atoms with E-state index in [4.69, 9.17) is 0 Å². The van der Waals surface area contributed by atoms with Gasteiger partial charge in [0.2, 0.25) is 15.9 Å². The summed E-state index contributed by atoms with van der Waals surface area (Å²) in [5.74, 6) is -0.358. The van der Waals surface area contributed by atoms with Crippen molar-refractivity contribution in [1.29, 1.82) is 0 Å². The third-order valence-corrected chi connectivity index (χ3v) is 8.49. The molecule has 8 nitrogen and oxygen atoms in total. The van der Waals surface area contributed by atoms with Crippen molar-refractivity contribution in [3.05, 3.63) is 18.2 Å². The van der Waals surface area contributed by atoms with Gasteiger partial charge in [-0.05, 0) is 50.9 Å². The minimum atomic E-state index is -3.72. The molecule has 2 aliphatic heterocycles. The molecule has 2 saturated heterocycles. The van der Waals surface area contributed by atoms with E-state index in [9.17, 15) is 13.2 Å².